The van der Waals surface area contributed by atoms with Crippen LogP contribution in [0.2, 0.25) is 0 Å². The fraction of sp³-hybridized carbons (Fsp3) is 0.571. The number of hydrogen-bond donors (Lipinski definition) is 1. The minimum Gasteiger partial charge on any atom is -0.493 e. The summed E-state index contributed by atoms with van der Waals surface area (Å²) in [5.74, 6) is 3.28. The monoisotopic (exact) mass is 253 g/mol. The van der Waals surface area contributed by atoms with Gasteiger partial charge in [-0.1, -0.05) is 25.5 Å². The number of rotatable bonds is 9. The molecule has 0 aromatic heterocycles. The average molecular weight is 253 g/mol. The van der Waals surface area contributed by atoms with Crippen molar-refractivity contribution in [2.75, 3.05) is 24.7 Å². The molecule has 3 heteroatoms. The fourth-order valence-corrected chi connectivity index (χ4v) is 2.38. The average Bonchev–Trinajstić information content (AvgIpc) is 2.36. The van der Waals surface area contributed by atoms with Gasteiger partial charge in [-0.3, -0.25) is 0 Å². The minimum absolute atomic E-state index is 0.703. The lowest BCUT2D eigenvalue weighted by atomic mass is 10.1. The molecule has 2 nitrogen and oxygen atoms in total. The number of ether oxygens (including phenoxy) is 1. The Morgan fingerprint density at radius 1 is 1.18 bits per heavy atom. The smallest absolute Gasteiger partial charge is 0.119 e. The molecule has 0 radical (unpaired) electrons. The van der Waals surface area contributed by atoms with E-state index < -0.39 is 0 Å². The Kier molecular flexibility index (Phi) is 7.93. The molecule has 0 aliphatic rings. The Morgan fingerprint density at radius 3 is 2.59 bits per heavy atom. The maximum Gasteiger partial charge on any atom is 0.119 e. The zero-order valence-corrected chi connectivity index (χ0v) is 11.5. The van der Waals surface area contributed by atoms with Crippen LogP contribution in [-0.2, 0) is 6.42 Å². The van der Waals surface area contributed by atoms with Crippen LogP contribution in [0, 0.1) is 0 Å². The first-order chi connectivity index (χ1) is 8.36. The van der Waals surface area contributed by atoms with Crippen molar-refractivity contribution < 1.29 is 4.74 Å². The molecule has 1 aromatic rings. The van der Waals surface area contributed by atoms with Crippen LogP contribution in [0.1, 0.15) is 25.3 Å². The molecule has 0 aliphatic heterocycles. The van der Waals surface area contributed by atoms with E-state index in [1.54, 1.807) is 0 Å². The largest absolute Gasteiger partial charge is 0.493 e. The Balaban J connectivity index is 2.14. The van der Waals surface area contributed by atoms with E-state index in [2.05, 4.69) is 19.1 Å². The van der Waals surface area contributed by atoms with Gasteiger partial charge in [-0.05, 0) is 42.8 Å². The van der Waals surface area contributed by atoms with Crippen LogP contribution in [-0.4, -0.2) is 24.7 Å². The quantitative estimate of drug-likeness (QED) is 0.687. The van der Waals surface area contributed by atoms with E-state index in [9.17, 15) is 0 Å². The van der Waals surface area contributed by atoms with Gasteiger partial charge in [-0.15, -0.1) is 0 Å². The maximum absolute atomic E-state index is 5.67. The molecule has 0 saturated heterocycles. The van der Waals surface area contributed by atoms with Crippen molar-refractivity contribution in [3.8, 4) is 5.75 Å². The van der Waals surface area contributed by atoms with Crippen molar-refractivity contribution in [3.63, 3.8) is 0 Å². The number of hydrogen-bond acceptors (Lipinski definition) is 3. The van der Waals surface area contributed by atoms with Crippen molar-refractivity contribution in [1.82, 2.24) is 0 Å². The second-order valence-corrected chi connectivity index (χ2v) is 5.22. The highest BCUT2D eigenvalue weighted by Crippen LogP contribution is 2.13. The Hall–Kier alpha value is -0.670. The molecule has 1 rings (SSSR count). The molecular weight excluding hydrogens is 230 g/mol. The van der Waals surface area contributed by atoms with Crippen LogP contribution < -0.4 is 10.5 Å². The normalized spacial score (nSPS) is 10.5. The summed E-state index contributed by atoms with van der Waals surface area (Å²) >= 11 is 1.97. The summed E-state index contributed by atoms with van der Waals surface area (Å²) < 4.78 is 5.67. The van der Waals surface area contributed by atoms with Gasteiger partial charge in [-0.25, -0.2) is 0 Å². The molecular formula is C14H23NOS. The van der Waals surface area contributed by atoms with Crippen LogP contribution in [0.15, 0.2) is 24.3 Å². The topological polar surface area (TPSA) is 35.2 Å². The Morgan fingerprint density at radius 2 is 1.94 bits per heavy atom. The van der Waals surface area contributed by atoms with Gasteiger partial charge in [0.05, 0.1) is 6.61 Å². The molecule has 0 bridgehead atoms. The van der Waals surface area contributed by atoms with Gasteiger partial charge in [0.2, 0.25) is 0 Å². The SMILES string of the molecule is CCCCSCCOc1ccc(CCN)cc1. The fourth-order valence-electron chi connectivity index (χ4n) is 1.49. The van der Waals surface area contributed by atoms with Gasteiger partial charge in [-0.2, -0.15) is 11.8 Å². The van der Waals surface area contributed by atoms with E-state index in [1.807, 2.05) is 23.9 Å². The van der Waals surface area contributed by atoms with Crippen LogP contribution in [0.5, 0.6) is 5.75 Å². The van der Waals surface area contributed by atoms with Gasteiger partial charge in [0.25, 0.3) is 0 Å². The molecule has 0 saturated carbocycles. The van der Waals surface area contributed by atoms with Gasteiger partial charge in [0.15, 0.2) is 0 Å². The summed E-state index contributed by atoms with van der Waals surface area (Å²) in [6.45, 7) is 3.72. The zero-order chi connectivity index (χ0) is 12.3. The first-order valence-corrected chi connectivity index (χ1v) is 7.52. The van der Waals surface area contributed by atoms with E-state index >= 15 is 0 Å². The predicted molar refractivity (Wildman–Crippen MR) is 76.9 cm³/mol. The van der Waals surface area contributed by atoms with Crippen LogP contribution in [0.4, 0.5) is 0 Å². The van der Waals surface area contributed by atoms with Gasteiger partial charge >= 0.3 is 0 Å². The molecule has 0 heterocycles. The van der Waals surface area contributed by atoms with Crippen LogP contribution in [0.25, 0.3) is 0 Å². The zero-order valence-electron chi connectivity index (χ0n) is 10.7. The third-order valence-corrected chi connectivity index (χ3v) is 3.53. The third kappa shape index (κ3) is 6.59. The van der Waals surface area contributed by atoms with Crippen molar-refractivity contribution in [1.29, 1.82) is 0 Å². The molecule has 0 aliphatic carbocycles. The van der Waals surface area contributed by atoms with Crippen molar-refractivity contribution >= 4 is 11.8 Å². The minimum atomic E-state index is 0.703. The van der Waals surface area contributed by atoms with Gasteiger partial charge < -0.3 is 10.5 Å². The summed E-state index contributed by atoms with van der Waals surface area (Å²) in [5.41, 5.74) is 6.78. The van der Waals surface area contributed by atoms with Crippen LogP contribution in [0.3, 0.4) is 0 Å². The van der Waals surface area contributed by atoms with Crippen LogP contribution >= 0.6 is 11.8 Å². The molecule has 1 aromatic carbocycles. The van der Waals surface area contributed by atoms with Gasteiger partial charge in [0, 0.05) is 5.75 Å². The van der Waals surface area contributed by atoms with Gasteiger partial charge in [0.1, 0.15) is 5.75 Å². The molecule has 96 valence electrons. The maximum atomic E-state index is 5.67. The molecule has 0 spiro atoms. The summed E-state index contributed by atoms with van der Waals surface area (Å²) in [6.07, 6.45) is 3.52. The highest BCUT2D eigenvalue weighted by atomic mass is 32.2. The lowest BCUT2D eigenvalue weighted by Gasteiger charge is -2.06. The summed E-state index contributed by atoms with van der Waals surface area (Å²) in [4.78, 5) is 0. The van der Waals surface area contributed by atoms with E-state index in [4.69, 9.17) is 10.5 Å². The second kappa shape index (κ2) is 9.37. The number of thioether (sulfide) groups is 1. The molecule has 0 fully saturated rings. The summed E-state index contributed by atoms with van der Waals surface area (Å²) in [5, 5.41) is 0. The third-order valence-electron chi connectivity index (χ3n) is 2.49. The molecule has 0 atom stereocenters. The van der Waals surface area contributed by atoms with E-state index in [-0.39, 0.29) is 0 Å². The number of unbranched alkanes of at least 4 members (excludes halogenated alkanes) is 1. The highest BCUT2D eigenvalue weighted by molar-refractivity contribution is 7.99. The first-order valence-electron chi connectivity index (χ1n) is 6.36. The molecule has 0 amide bonds. The molecule has 0 unspecified atom stereocenters. The Bertz CT molecular complexity index is 287. The highest BCUT2D eigenvalue weighted by Gasteiger charge is 1.95. The summed E-state index contributed by atoms with van der Waals surface area (Å²) in [7, 11) is 0. The number of benzene rings is 1. The van der Waals surface area contributed by atoms with Crippen molar-refractivity contribution in [2.24, 2.45) is 5.73 Å². The standard InChI is InChI=1S/C14H23NOS/c1-2-3-11-17-12-10-16-14-6-4-13(5-7-14)8-9-15/h4-7H,2-3,8-12,15H2,1H3. The number of nitrogens with two attached hydrogens (primary N) is 1. The predicted octanol–water partition coefficient (Wildman–Crippen LogP) is 3.10. The van der Waals surface area contributed by atoms with Crippen molar-refractivity contribution in [2.45, 2.75) is 26.2 Å². The van der Waals surface area contributed by atoms with E-state index in [0.29, 0.717) is 6.54 Å². The van der Waals surface area contributed by atoms with Crippen molar-refractivity contribution in [3.05, 3.63) is 29.8 Å². The lowest BCUT2D eigenvalue weighted by molar-refractivity contribution is 0.344. The molecule has 17 heavy (non-hydrogen) atoms. The van der Waals surface area contributed by atoms with E-state index in [0.717, 1.165) is 24.5 Å². The van der Waals surface area contributed by atoms with E-state index in [1.165, 1.54) is 24.2 Å². The summed E-state index contributed by atoms with van der Waals surface area (Å²) in [6, 6.07) is 8.24. The molecule has 2 N–H and O–H groups in total. The lowest BCUT2D eigenvalue weighted by Crippen LogP contribution is -2.03. The second-order valence-electron chi connectivity index (χ2n) is 4.00. The Labute approximate surface area is 109 Å². The first kappa shape index (κ1) is 14.4.